The van der Waals surface area contributed by atoms with Crippen LogP contribution in [0.1, 0.15) is 66.5 Å². The Morgan fingerprint density at radius 1 is 0.981 bits per heavy atom. The van der Waals surface area contributed by atoms with Gasteiger partial charge in [0.2, 0.25) is 23.6 Å². The van der Waals surface area contributed by atoms with Gasteiger partial charge in [0.1, 0.15) is 17.8 Å². The van der Waals surface area contributed by atoms with E-state index in [0.717, 1.165) is 33.4 Å². The van der Waals surface area contributed by atoms with Crippen molar-refractivity contribution >= 4 is 29.6 Å². The van der Waals surface area contributed by atoms with Crippen LogP contribution >= 0.6 is 0 Å². The van der Waals surface area contributed by atoms with Crippen molar-refractivity contribution in [2.24, 2.45) is 28.1 Å². The fourth-order valence-corrected chi connectivity index (χ4v) is 6.84. The first-order valence-corrected chi connectivity index (χ1v) is 18.6. The van der Waals surface area contributed by atoms with Gasteiger partial charge in [-0.1, -0.05) is 68.4 Å². The summed E-state index contributed by atoms with van der Waals surface area (Å²) in [6, 6.07) is 17.7. The third kappa shape index (κ3) is 12.1. The van der Waals surface area contributed by atoms with Gasteiger partial charge >= 0.3 is 0 Å². The molecule has 0 unspecified atom stereocenters. The summed E-state index contributed by atoms with van der Waals surface area (Å²) < 4.78 is 0. The molecule has 3 atom stereocenters. The Bertz CT molecular complexity index is 1770. The van der Waals surface area contributed by atoms with E-state index in [9.17, 15) is 24.3 Å². The van der Waals surface area contributed by atoms with Gasteiger partial charge in [0, 0.05) is 45.6 Å². The molecule has 4 rings (SSSR count). The van der Waals surface area contributed by atoms with Gasteiger partial charge < -0.3 is 42.7 Å². The summed E-state index contributed by atoms with van der Waals surface area (Å²) in [4.78, 5) is 62.8. The number of fused-ring (bicyclic) bond motifs is 1. The van der Waals surface area contributed by atoms with E-state index >= 15 is 0 Å². The minimum absolute atomic E-state index is 0.0592. The molecule has 13 nitrogen and oxygen atoms in total. The molecule has 1 aliphatic heterocycles. The second kappa shape index (κ2) is 19.6. The lowest BCUT2D eigenvalue weighted by Gasteiger charge is -2.29. The minimum atomic E-state index is -1.04. The van der Waals surface area contributed by atoms with Gasteiger partial charge in [-0.2, -0.15) is 0 Å². The Balaban J connectivity index is 1.50. The van der Waals surface area contributed by atoms with E-state index in [1.807, 2.05) is 73.3 Å². The maximum Gasteiger partial charge on any atom is 0.245 e. The van der Waals surface area contributed by atoms with Gasteiger partial charge in [-0.05, 0) is 84.5 Å². The molecule has 0 radical (unpaired) electrons. The van der Waals surface area contributed by atoms with Crippen molar-refractivity contribution in [2.75, 3.05) is 19.6 Å². The summed E-state index contributed by atoms with van der Waals surface area (Å²) in [5, 5.41) is 15.7. The lowest BCUT2D eigenvalue weighted by molar-refractivity contribution is -0.139. The zero-order chi connectivity index (χ0) is 39.4. The number of nitrogens with zero attached hydrogens (tertiary/aromatic N) is 3. The van der Waals surface area contributed by atoms with Crippen molar-refractivity contribution in [2.45, 2.75) is 91.0 Å². The molecule has 4 amide bonds. The molecule has 0 saturated heterocycles. The first-order chi connectivity index (χ1) is 25.7. The van der Waals surface area contributed by atoms with Crippen LogP contribution in [0.2, 0.25) is 0 Å². The standard InChI is InChI=1S/C41H56N8O5/c1-26(2)23-49(24-29-11-6-5-7-12-29)37(51)16-18-48-25-31-14-9-8-13-30(31)21-36(40(48)54)47-39(53)35(15-10-17-45-41(43)44)46-38(52)34(42)22-33-27(3)19-32(50)20-28(33)4/h5-9,11-14,19-20,26,34-36,50H,10,15-18,21-25,42H2,1-4H3,(H,46,52)(H,47,53)(H4,43,44,45)/t34-,35+,36-/m0/s1. The van der Waals surface area contributed by atoms with E-state index in [4.69, 9.17) is 17.2 Å². The summed E-state index contributed by atoms with van der Waals surface area (Å²) in [5.41, 5.74) is 22.7. The molecule has 0 bridgehead atoms. The molecule has 54 heavy (non-hydrogen) atoms. The predicted octanol–water partition coefficient (Wildman–Crippen LogP) is 2.56. The molecule has 0 aliphatic carbocycles. The van der Waals surface area contributed by atoms with Crippen molar-refractivity contribution in [3.63, 3.8) is 0 Å². The number of carbonyl (C=O) groups excluding carboxylic acids is 4. The predicted molar refractivity (Wildman–Crippen MR) is 210 cm³/mol. The Kier molecular flexibility index (Phi) is 15.0. The summed E-state index contributed by atoms with van der Waals surface area (Å²) in [6.45, 7) is 9.55. The third-order valence-corrected chi connectivity index (χ3v) is 9.60. The van der Waals surface area contributed by atoms with E-state index in [1.54, 1.807) is 17.0 Å². The number of hydrogen-bond acceptors (Lipinski definition) is 7. The van der Waals surface area contributed by atoms with Crippen molar-refractivity contribution in [1.29, 1.82) is 0 Å². The van der Waals surface area contributed by atoms with Gasteiger partial charge in [0.25, 0.3) is 0 Å². The molecule has 3 aromatic rings. The molecule has 0 saturated carbocycles. The molecule has 3 aromatic carbocycles. The summed E-state index contributed by atoms with van der Waals surface area (Å²) in [6.07, 6.45) is 1.10. The van der Waals surface area contributed by atoms with Crippen LogP contribution in [0.15, 0.2) is 71.7 Å². The lowest BCUT2D eigenvalue weighted by Crippen LogP contribution is -2.56. The number of nitrogens with one attached hydrogen (secondary N) is 2. The second-order valence-electron chi connectivity index (χ2n) is 14.6. The summed E-state index contributed by atoms with van der Waals surface area (Å²) in [5.74, 6) is -1.16. The number of rotatable bonds is 17. The van der Waals surface area contributed by atoms with E-state index < -0.39 is 29.9 Å². The summed E-state index contributed by atoms with van der Waals surface area (Å²) in [7, 11) is 0. The zero-order valence-corrected chi connectivity index (χ0v) is 31.9. The highest BCUT2D eigenvalue weighted by atomic mass is 16.3. The summed E-state index contributed by atoms with van der Waals surface area (Å²) >= 11 is 0. The van der Waals surface area contributed by atoms with Crippen LogP contribution in [0, 0.1) is 19.8 Å². The maximum absolute atomic E-state index is 14.2. The Labute approximate surface area is 318 Å². The number of phenolic OH excluding ortho intramolecular Hbond substituents is 1. The zero-order valence-electron chi connectivity index (χ0n) is 31.9. The molecule has 13 heteroatoms. The SMILES string of the molecule is Cc1cc(O)cc(C)c1C[C@H](N)C(=O)N[C@H](CCCN=C(N)N)C(=O)N[C@H]1Cc2ccccc2CN(CCC(=O)N(Cc2ccccc2)CC(C)C)C1=O. The molecule has 9 N–H and O–H groups in total. The fraction of sp³-hybridized carbons (Fsp3) is 0.439. The maximum atomic E-state index is 14.2. The number of guanidine groups is 1. The Morgan fingerprint density at radius 2 is 1.63 bits per heavy atom. The first kappa shape index (κ1) is 41.3. The van der Waals surface area contributed by atoms with Crippen LogP contribution in [-0.4, -0.2) is 82.3 Å². The van der Waals surface area contributed by atoms with Crippen LogP contribution in [-0.2, 0) is 45.1 Å². The minimum Gasteiger partial charge on any atom is -0.508 e. The molecule has 1 heterocycles. The van der Waals surface area contributed by atoms with Crippen molar-refractivity contribution in [3.8, 4) is 5.75 Å². The van der Waals surface area contributed by atoms with Gasteiger partial charge in [0.15, 0.2) is 5.96 Å². The average Bonchev–Trinajstić information content (AvgIpc) is 3.25. The van der Waals surface area contributed by atoms with E-state index in [2.05, 4.69) is 29.5 Å². The fourth-order valence-electron chi connectivity index (χ4n) is 6.84. The molecular weight excluding hydrogens is 685 g/mol. The largest absolute Gasteiger partial charge is 0.508 e. The number of aromatic hydroxyl groups is 1. The van der Waals surface area contributed by atoms with Crippen LogP contribution in [0.4, 0.5) is 0 Å². The van der Waals surface area contributed by atoms with Gasteiger partial charge in [-0.3, -0.25) is 24.2 Å². The number of nitrogens with two attached hydrogens (primary N) is 3. The number of aryl methyl sites for hydroxylation is 2. The highest BCUT2D eigenvalue weighted by Gasteiger charge is 2.34. The highest BCUT2D eigenvalue weighted by molar-refractivity contribution is 5.93. The van der Waals surface area contributed by atoms with Gasteiger partial charge in [-0.15, -0.1) is 0 Å². The number of amides is 4. The van der Waals surface area contributed by atoms with Gasteiger partial charge in [0.05, 0.1) is 6.04 Å². The molecule has 0 aromatic heterocycles. The topological polar surface area (TPSA) is 209 Å². The van der Waals surface area contributed by atoms with E-state index in [0.29, 0.717) is 26.1 Å². The van der Waals surface area contributed by atoms with Crippen LogP contribution in [0.5, 0.6) is 5.75 Å². The number of aliphatic imine (C=N–C) groups is 1. The van der Waals surface area contributed by atoms with Gasteiger partial charge in [-0.25, -0.2) is 0 Å². The molecule has 0 spiro atoms. The molecule has 0 fully saturated rings. The van der Waals surface area contributed by atoms with Crippen molar-refractivity contribution in [3.05, 3.63) is 100 Å². The average molecular weight is 741 g/mol. The number of phenols is 1. The quantitative estimate of drug-likeness (QED) is 0.0687. The molecule has 1 aliphatic rings. The smallest absolute Gasteiger partial charge is 0.245 e. The Hall–Kier alpha value is -5.43. The van der Waals surface area contributed by atoms with Crippen molar-refractivity contribution < 1.29 is 24.3 Å². The van der Waals surface area contributed by atoms with Crippen molar-refractivity contribution in [1.82, 2.24) is 20.4 Å². The normalized spacial score (nSPS) is 15.1. The van der Waals surface area contributed by atoms with E-state index in [1.165, 1.54) is 0 Å². The third-order valence-electron chi connectivity index (χ3n) is 9.60. The number of hydrogen-bond donors (Lipinski definition) is 6. The second-order valence-corrected chi connectivity index (χ2v) is 14.6. The first-order valence-electron chi connectivity index (χ1n) is 18.6. The molecule has 290 valence electrons. The Morgan fingerprint density at radius 3 is 2.28 bits per heavy atom. The van der Waals surface area contributed by atoms with Crippen LogP contribution < -0.4 is 27.8 Å². The van der Waals surface area contributed by atoms with Crippen LogP contribution in [0.3, 0.4) is 0 Å². The highest BCUT2D eigenvalue weighted by Crippen LogP contribution is 2.23. The van der Waals surface area contributed by atoms with E-state index in [-0.39, 0.29) is 68.2 Å². The number of benzene rings is 3. The lowest BCUT2D eigenvalue weighted by atomic mass is 9.95. The number of carbonyl (C=O) groups is 4. The monoisotopic (exact) mass is 740 g/mol. The molecular formula is C41H56N8O5. The van der Waals surface area contributed by atoms with Crippen LogP contribution in [0.25, 0.3) is 0 Å².